The average molecular weight is 364 g/mol. The highest BCUT2D eigenvalue weighted by molar-refractivity contribution is 5.98. The molecule has 1 fully saturated rings. The second-order valence-electron chi connectivity index (χ2n) is 7.55. The fourth-order valence-electron chi connectivity index (χ4n) is 4.53. The molecule has 1 saturated heterocycles. The molecule has 1 aliphatic carbocycles. The van der Waals surface area contributed by atoms with E-state index in [2.05, 4.69) is 16.0 Å². The van der Waals surface area contributed by atoms with Gasteiger partial charge in [-0.25, -0.2) is 9.97 Å². The fourth-order valence-corrected chi connectivity index (χ4v) is 4.53. The number of para-hydroxylation sites is 1. The van der Waals surface area contributed by atoms with Crippen LogP contribution in [0.15, 0.2) is 24.3 Å². The van der Waals surface area contributed by atoms with Crippen LogP contribution in [0.5, 0.6) is 0 Å². The third kappa shape index (κ3) is 2.88. The van der Waals surface area contributed by atoms with E-state index in [0.29, 0.717) is 13.2 Å². The SMILES string of the molecule is Cc1nc2c(c(N3CCOC(C(=O)N4CCc5ccccc54)C3)n1)CCC2. The van der Waals surface area contributed by atoms with Crippen molar-refractivity contribution in [2.24, 2.45) is 0 Å². The first-order valence-electron chi connectivity index (χ1n) is 9.83. The number of ether oxygens (including phenoxy) is 1. The quantitative estimate of drug-likeness (QED) is 0.816. The summed E-state index contributed by atoms with van der Waals surface area (Å²) in [5, 5.41) is 0. The van der Waals surface area contributed by atoms with Gasteiger partial charge >= 0.3 is 0 Å². The zero-order valence-electron chi connectivity index (χ0n) is 15.6. The molecule has 6 heteroatoms. The zero-order chi connectivity index (χ0) is 18.4. The van der Waals surface area contributed by atoms with Crippen molar-refractivity contribution in [2.75, 3.05) is 36.0 Å². The number of amides is 1. The summed E-state index contributed by atoms with van der Waals surface area (Å²) in [4.78, 5) is 26.6. The van der Waals surface area contributed by atoms with Crippen molar-refractivity contribution in [1.29, 1.82) is 0 Å². The van der Waals surface area contributed by atoms with Gasteiger partial charge in [-0.15, -0.1) is 0 Å². The predicted octanol–water partition coefficient (Wildman–Crippen LogP) is 2.07. The van der Waals surface area contributed by atoms with E-state index in [1.54, 1.807) is 0 Å². The Kier molecular flexibility index (Phi) is 4.08. The van der Waals surface area contributed by atoms with E-state index in [-0.39, 0.29) is 5.91 Å². The molecule has 1 aromatic carbocycles. The van der Waals surface area contributed by atoms with Crippen molar-refractivity contribution in [3.63, 3.8) is 0 Å². The molecule has 0 N–H and O–H groups in total. The van der Waals surface area contributed by atoms with Crippen LogP contribution in [-0.4, -0.2) is 48.2 Å². The lowest BCUT2D eigenvalue weighted by Gasteiger charge is -2.35. The Balaban J connectivity index is 1.39. The number of fused-ring (bicyclic) bond motifs is 2. The summed E-state index contributed by atoms with van der Waals surface area (Å²) in [5.41, 5.74) is 4.71. The summed E-state index contributed by atoms with van der Waals surface area (Å²) in [7, 11) is 0. The molecule has 0 bridgehead atoms. The minimum atomic E-state index is -0.447. The lowest BCUT2D eigenvalue weighted by Crippen LogP contribution is -2.51. The Hall–Kier alpha value is -2.47. The predicted molar refractivity (Wildman–Crippen MR) is 103 cm³/mol. The smallest absolute Gasteiger partial charge is 0.257 e. The maximum absolute atomic E-state index is 13.2. The number of hydrogen-bond donors (Lipinski definition) is 0. The highest BCUT2D eigenvalue weighted by Crippen LogP contribution is 2.31. The highest BCUT2D eigenvalue weighted by Gasteiger charge is 2.35. The standard InChI is InChI=1S/C21H24N4O2/c1-14-22-17-7-4-6-16(17)20(23-14)24-11-12-27-19(13-24)21(26)25-10-9-15-5-2-3-8-18(15)25/h2-3,5,8,19H,4,6-7,9-13H2,1H3. The van der Waals surface area contributed by atoms with Gasteiger partial charge in [-0.05, 0) is 44.2 Å². The Bertz CT molecular complexity index is 898. The molecule has 1 amide bonds. The molecular weight excluding hydrogens is 340 g/mol. The van der Waals surface area contributed by atoms with Crippen LogP contribution in [-0.2, 0) is 28.8 Å². The Morgan fingerprint density at radius 2 is 2.04 bits per heavy atom. The lowest BCUT2D eigenvalue weighted by molar-refractivity contribution is -0.130. The second kappa shape index (κ2) is 6.60. The van der Waals surface area contributed by atoms with Crippen molar-refractivity contribution in [2.45, 2.75) is 38.7 Å². The van der Waals surface area contributed by atoms with Crippen LogP contribution in [0.25, 0.3) is 0 Å². The van der Waals surface area contributed by atoms with Gasteiger partial charge in [-0.1, -0.05) is 18.2 Å². The highest BCUT2D eigenvalue weighted by atomic mass is 16.5. The third-order valence-electron chi connectivity index (χ3n) is 5.82. The molecule has 0 radical (unpaired) electrons. The largest absolute Gasteiger partial charge is 0.365 e. The van der Waals surface area contributed by atoms with Crippen LogP contribution < -0.4 is 9.80 Å². The van der Waals surface area contributed by atoms with Gasteiger partial charge < -0.3 is 14.5 Å². The van der Waals surface area contributed by atoms with Crippen molar-refractivity contribution < 1.29 is 9.53 Å². The molecule has 6 nitrogen and oxygen atoms in total. The maximum atomic E-state index is 13.2. The van der Waals surface area contributed by atoms with Crippen molar-refractivity contribution >= 4 is 17.4 Å². The number of morpholine rings is 1. The summed E-state index contributed by atoms with van der Waals surface area (Å²) < 4.78 is 5.89. The zero-order valence-corrected chi connectivity index (χ0v) is 15.6. The maximum Gasteiger partial charge on any atom is 0.257 e. The lowest BCUT2D eigenvalue weighted by atomic mass is 10.1. The van der Waals surface area contributed by atoms with E-state index >= 15 is 0 Å². The van der Waals surface area contributed by atoms with Gasteiger partial charge in [0, 0.05) is 30.0 Å². The number of aryl methyl sites for hydroxylation is 2. The molecule has 0 spiro atoms. The molecule has 1 aromatic heterocycles. The first-order valence-corrected chi connectivity index (χ1v) is 9.83. The fraction of sp³-hybridized carbons (Fsp3) is 0.476. The third-order valence-corrected chi connectivity index (χ3v) is 5.82. The molecule has 3 aliphatic rings. The minimum Gasteiger partial charge on any atom is -0.365 e. The monoisotopic (exact) mass is 364 g/mol. The van der Waals surface area contributed by atoms with Crippen LogP contribution in [0.3, 0.4) is 0 Å². The summed E-state index contributed by atoms with van der Waals surface area (Å²) in [6.07, 6.45) is 3.66. The molecule has 140 valence electrons. The molecule has 5 rings (SSSR count). The number of carbonyl (C=O) groups is 1. The molecular formula is C21H24N4O2. The van der Waals surface area contributed by atoms with Crippen molar-refractivity contribution in [1.82, 2.24) is 9.97 Å². The minimum absolute atomic E-state index is 0.0621. The first kappa shape index (κ1) is 16.7. The normalized spacial score (nSPS) is 21.3. The number of nitrogens with zero attached hydrogens (tertiary/aromatic N) is 4. The number of aromatic nitrogens is 2. The molecule has 0 saturated carbocycles. The Morgan fingerprint density at radius 1 is 1.15 bits per heavy atom. The first-order chi connectivity index (χ1) is 13.2. The van der Waals surface area contributed by atoms with Crippen LogP contribution in [0.2, 0.25) is 0 Å². The number of rotatable bonds is 2. The average Bonchev–Trinajstić information content (AvgIpc) is 3.33. The van der Waals surface area contributed by atoms with Crippen molar-refractivity contribution in [3.8, 4) is 0 Å². The topological polar surface area (TPSA) is 58.6 Å². The summed E-state index contributed by atoms with van der Waals surface area (Å²) in [6, 6.07) is 8.15. The van der Waals surface area contributed by atoms with Gasteiger partial charge in [0.2, 0.25) is 0 Å². The molecule has 1 unspecified atom stereocenters. The second-order valence-corrected chi connectivity index (χ2v) is 7.55. The van der Waals surface area contributed by atoms with Crippen molar-refractivity contribution in [3.05, 3.63) is 46.9 Å². The van der Waals surface area contributed by atoms with Crippen LogP contribution in [0.4, 0.5) is 11.5 Å². The molecule has 1 atom stereocenters. The van der Waals surface area contributed by atoms with Gasteiger partial charge in [-0.3, -0.25) is 4.79 Å². The molecule has 27 heavy (non-hydrogen) atoms. The van der Waals surface area contributed by atoms with Crippen LogP contribution in [0.1, 0.15) is 29.1 Å². The van der Waals surface area contributed by atoms with Crippen LogP contribution >= 0.6 is 0 Å². The van der Waals surface area contributed by atoms with E-state index in [1.807, 2.05) is 30.0 Å². The number of benzene rings is 1. The number of hydrogen-bond acceptors (Lipinski definition) is 5. The van der Waals surface area contributed by atoms with Gasteiger partial charge in [0.15, 0.2) is 6.10 Å². The van der Waals surface area contributed by atoms with Gasteiger partial charge in [0.1, 0.15) is 11.6 Å². The van der Waals surface area contributed by atoms with E-state index in [1.165, 1.54) is 16.8 Å². The van der Waals surface area contributed by atoms with E-state index in [4.69, 9.17) is 9.72 Å². The summed E-state index contributed by atoms with van der Waals surface area (Å²) in [5.74, 6) is 1.89. The summed E-state index contributed by atoms with van der Waals surface area (Å²) >= 11 is 0. The molecule has 3 heterocycles. The van der Waals surface area contributed by atoms with Gasteiger partial charge in [0.05, 0.1) is 13.2 Å². The van der Waals surface area contributed by atoms with Crippen LogP contribution in [0, 0.1) is 6.92 Å². The van der Waals surface area contributed by atoms with Gasteiger partial charge in [-0.2, -0.15) is 0 Å². The Morgan fingerprint density at radius 3 is 2.96 bits per heavy atom. The Labute approximate surface area is 159 Å². The summed E-state index contributed by atoms with van der Waals surface area (Å²) in [6.45, 7) is 4.56. The van der Waals surface area contributed by atoms with E-state index in [9.17, 15) is 4.79 Å². The van der Waals surface area contributed by atoms with E-state index < -0.39 is 6.10 Å². The van der Waals surface area contributed by atoms with Gasteiger partial charge in [0.25, 0.3) is 5.91 Å². The number of carbonyl (C=O) groups excluding carboxylic acids is 1. The number of anilines is 2. The van der Waals surface area contributed by atoms with E-state index in [0.717, 1.165) is 56.1 Å². The molecule has 2 aliphatic heterocycles. The molecule has 2 aromatic rings.